The monoisotopic (exact) mass is 314 g/mol. The third-order valence-corrected chi connectivity index (χ3v) is 4.68. The van der Waals surface area contributed by atoms with Crippen LogP contribution < -0.4 is 10.5 Å². The van der Waals surface area contributed by atoms with Gasteiger partial charge in [-0.2, -0.15) is 0 Å². The molecule has 0 spiro atoms. The van der Waals surface area contributed by atoms with Gasteiger partial charge in [-0.3, -0.25) is 4.79 Å². The first-order chi connectivity index (χ1) is 9.90. The quantitative estimate of drug-likeness (QED) is 0.628. The van der Waals surface area contributed by atoms with Gasteiger partial charge in [0.15, 0.2) is 0 Å². The van der Waals surface area contributed by atoms with Crippen molar-refractivity contribution in [3.63, 3.8) is 0 Å². The summed E-state index contributed by atoms with van der Waals surface area (Å²) in [6.45, 7) is 2.34. The highest BCUT2D eigenvalue weighted by molar-refractivity contribution is 7.89. The predicted octanol–water partition coefficient (Wildman–Crippen LogP) is 0.862. The number of hydrogen-bond donors (Lipinski definition) is 3. The van der Waals surface area contributed by atoms with Gasteiger partial charge in [-0.05, 0) is 43.0 Å². The molecule has 0 aliphatic carbocycles. The van der Waals surface area contributed by atoms with Crippen LogP contribution in [0.3, 0.4) is 0 Å². The van der Waals surface area contributed by atoms with Crippen LogP contribution in [-0.4, -0.2) is 32.6 Å². The summed E-state index contributed by atoms with van der Waals surface area (Å²) in [6, 6.07) is 5.47. The third-order valence-electron chi connectivity index (χ3n) is 3.25. The van der Waals surface area contributed by atoms with Crippen LogP contribution in [0.4, 0.5) is 0 Å². The first-order valence-corrected chi connectivity index (χ1v) is 8.39. The van der Waals surface area contributed by atoms with E-state index in [1.807, 2.05) is 6.92 Å². The van der Waals surface area contributed by atoms with E-state index in [9.17, 15) is 13.2 Å². The van der Waals surface area contributed by atoms with Crippen LogP contribution in [0.1, 0.15) is 36.5 Å². The summed E-state index contributed by atoms with van der Waals surface area (Å²) in [7, 11) is -3.62. The molecule has 4 N–H and O–H groups in total. The van der Waals surface area contributed by atoms with E-state index in [0.29, 0.717) is 6.42 Å². The molecule has 7 heteroatoms. The molecule has 21 heavy (non-hydrogen) atoms. The molecular weight excluding hydrogens is 292 g/mol. The highest BCUT2D eigenvalue weighted by Gasteiger charge is 2.17. The lowest BCUT2D eigenvalue weighted by Crippen LogP contribution is -2.30. The van der Waals surface area contributed by atoms with Crippen LogP contribution in [0.25, 0.3) is 0 Å². The Morgan fingerprint density at radius 3 is 2.38 bits per heavy atom. The van der Waals surface area contributed by atoms with Crippen LogP contribution in [0.5, 0.6) is 0 Å². The molecule has 0 radical (unpaired) electrons. The number of aliphatic hydroxyl groups is 1. The smallest absolute Gasteiger partial charge is 0.248 e. The number of primary amides is 1. The molecule has 0 bridgehead atoms. The second-order valence-corrected chi connectivity index (χ2v) is 6.67. The zero-order valence-electron chi connectivity index (χ0n) is 12.1. The SMILES string of the molecule is CCCC(CCO)CNS(=O)(=O)c1ccc(C(N)=O)cc1. The first-order valence-electron chi connectivity index (χ1n) is 6.91. The lowest BCUT2D eigenvalue weighted by Gasteiger charge is -2.15. The van der Waals surface area contributed by atoms with Crippen LogP contribution >= 0.6 is 0 Å². The van der Waals surface area contributed by atoms with Gasteiger partial charge in [0.1, 0.15) is 0 Å². The number of carbonyl (C=O) groups is 1. The molecule has 1 atom stereocenters. The van der Waals surface area contributed by atoms with E-state index in [0.717, 1.165) is 12.8 Å². The molecule has 0 aromatic heterocycles. The molecule has 6 nitrogen and oxygen atoms in total. The van der Waals surface area contributed by atoms with Crippen molar-refractivity contribution in [3.8, 4) is 0 Å². The summed E-state index contributed by atoms with van der Waals surface area (Å²) in [5.41, 5.74) is 5.37. The van der Waals surface area contributed by atoms with E-state index in [2.05, 4.69) is 4.72 Å². The topological polar surface area (TPSA) is 109 Å². The minimum Gasteiger partial charge on any atom is -0.396 e. The van der Waals surface area contributed by atoms with E-state index in [4.69, 9.17) is 10.8 Å². The maximum Gasteiger partial charge on any atom is 0.248 e. The minimum atomic E-state index is -3.62. The molecule has 1 aromatic rings. The normalized spacial score (nSPS) is 13.0. The number of amides is 1. The number of hydrogen-bond acceptors (Lipinski definition) is 4. The maximum absolute atomic E-state index is 12.1. The fourth-order valence-electron chi connectivity index (χ4n) is 2.05. The van der Waals surface area contributed by atoms with Crippen LogP contribution in [0.2, 0.25) is 0 Å². The second-order valence-electron chi connectivity index (χ2n) is 4.91. The van der Waals surface area contributed by atoms with Crippen LogP contribution in [0.15, 0.2) is 29.2 Å². The Morgan fingerprint density at radius 1 is 1.29 bits per heavy atom. The average Bonchev–Trinajstić information content (AvgIpc) is 2.45. The number of benzene rings is 1. The van der Waals surface area contributed by atoms with E-state index in [-0.39, 0.29) is 29.5 Å². The fraction of sp³-hybridized carbons (Fsp3) is 0.500. The lowest BCUT2D eigenvalue weighted by atomic mass is 10.0. The predicted molar refractivity (Wildman–Crippen MR) is 80.2 cm³/mol. The molecule has 0 aliphatic rings. The Morgan fingerprint density at radius 2 is 1.90 bits per heavy atom. The fourth-order valence-corrected chi connectivity index (χ4v) is 3.16. The van der Waals surface area contributed by atoms with Crippen molar-refractivity contribution in [1.82, 2.24) is 4.72 Å². The van der Waals surface area contributed by atoms with Crippen LogP contribution in [-0.2, 0) is 10.0 Å². The summed E-state index contributed by atoms with van der Waals surface area (Å²) in [5.74, 6) is -0.488. The van der Waals surface area contributed by atoms with Gasteiger partial charge >= 0.3 is 0 Å². The molecule has 0 aliphatic heterocycles. The molecule has 0 saturated heterocycles. The van der Waals surface area contributed by atoms with Gasteiger partial charge in [-0.25, -0.2) is 13.1 Å². The molecule has 1 amide bonds. The Balaban J connectivity index is 2.74. The number of carbonyl (C=O) groups excluding carboxylic acids is 1. The lowest BCUT2D eigenvalue weighted by molar-refractivity contribution is 0.1000. The molecular formula is C14H22N2O4S. The third kappa shape index (κ3) is 5.45. The van der Waals surface area contributed by atoms with Crippen molar-refractivity contribution in [1.29, 1.82) is 0 Å². The van der Waals surface area contributed by atoms with Crippen molar-refractivity contribution in [2.75, 3.05) is 13.2 Å². The van der Waals surface area contributed by atoms with Gasteiger partial charge < -0.3 is 10.8 Å². The summed E-state index contributed by atoms with van der Waals surface area (Å²) in [5, 5.41) is 8.97. The molecule has 1 rings (SSSR count). The minimum absolute atomic E-state index is 0.0414. The van der Waals surface area contributed by atoms with Gasteiger partial charge in [0.05, 0.1) is 4.90 Å². The maximum atomic E-state index is 12.1. The molecule has 118 valence electrons. The molecule has 0 saturated carbocycles. The molecule has 0 heterocycles. The largest absolute Gasteiger partial charge is 0.396 e. The standard InChI is InChI=1S/C14H22N2O4S/c1-2-3-11(8-9-17)10-16-21(19,20)13-6-4-12(5-7-13)14(15)18/h4-7,11,16-17H,2-3,8-10H2,1H3,(H2,15,18). The van der Waals surface area contributed by atoms with Crippen LogP contribution in [0, 0.1) is 5.92 Å². The molecule has 0 fully saturated rings. The van der Waals surface area contributed by atoms with E-state index in [1.165, 1.54) is 24.3 Å². The van der Waals surface area contributed by atoms with Crippen molar-refractivity contribution in [2.45, 2.75) is 31.1 Å². The first kappa shape index (κ1) is 17.6. The molecule has 1 aromatic carbocycles. The number of nitrogens with one attached hydrogen (secondary N) is 1. The highest BCUT2D eigenvalue weighted by Crippen LogP contribution is 2.13. The summed E-state index contributed by atoms with van der Waals surface area (Å²) < 4.78 is 26.8. The van der Waals surface area contributed by atoms with Gasteiger partial charge in [0.2, 0.25) is 15.9 Å². The average molecular weight is 314 g/mol. The number of sulfonamides is 1. The van der Waals surface area contributed by atoms with E-state index < -0.39 is 15.9 Å². The Bertz CT molecular complexity index is 549. The van der Waals surface area contributed by atoms with Crippen molar-refractivity contribution in [2.24, 2.45) is 11.7 Å². The van der Waals surface area contributed by atoms with E-state index in [1.54, 1.807) is 0 Å². The molecule has 1 unspecified atom stereocenters. The van der Waals surface area contributed by atoms with Gasteiger partial charge in [-0.15, -0.1) is 0 Å². The number of aliphatic hydroxyl groups excluding tert-OH is 1. The summed E-state index contributed by atoms with van der Waals surface area (Å²) >= 11 is 0. The zero-order chi connectivity index (χ0) is 15.9. The van der Waals surface area contributed by atoms with E-state index >= 15 is 0 Å². The Kier molecular flexibility index (Phi) is 6.80. The Hall–Kier alpha value is -1.44. The van der Waals surface area contributed by atoms with Crippen molar-refractivity contribution in [3.05, 3.63) is 29.8 Å². The highest BCUT2D eigenvalue weighted by atomic mass is 32.2. The summed E-state index contributed by atoms with van der Waals surface area (Å²) in [4.78, 5) is 11.0. The zero-order valence-corrected chi connectivity index (χ0v) is 12.9. The number of rotatable bonds is 9. The Labute approximate surface area is 125 Å². The second kappa shape index (κ2) is 8.11. The van der Waals surface area contributed by atoms with Gasteiger partial charge in [0, 0.05) is 18.7 Å². The van der Waals surface area contributed by atoms with Crippen molar-refractivity contribution >= 4 is 15.9 Å². The summed E-state index contributed by atoms with van der Waals surface area (Å²) in [6.07, 6.45) is 2.35. The van der Waals surface area contributed by atoms with Gasteiger partial charge in [-0.1, -0.05) is 13.3 Å². The van der Waals surface area contributed by atoms with Crippen molar-refractivity contribution < 1.29 is 18.3 Å². The number of nitrogens with two attached hydrogens (primary N) is 1. The van der Waals surface area contributed by atoms with Gasteiger partial charge in [0.25, 0.3) is 0 Å².